The van der Waals surface area contributed by atoms with Gasteiger partial charge in [0.05, 0.1) is 5.41 Å². The highest BCUT2D eigenvalue weighted by Crippen LogP contribution is 2.45. The topological polar surface area (TPSA) is 58.2 Å². The molecular formula is C23H48N2O2S. The van der Waals surface area contributed by atoms with Crippen LogP contribution in [0.3, 0.4) is 0 Å². The normalized spacial score (nSPS) is 15.1. The van der Waals surface area contributed by atoms with Gasteiger partial charge in [0.15, 0.2) is 0 Å². The monoisotopic (exact) mass is 416 g/mol. The molecule has 4 nitrogen and oxygen atoms in total. The Morgan fingerprint density at radius 2 is 1.57 bits per heavy atom. The lowest BCUT2D eigenvalue weighted by atomic mass is 9.79. The number of unbranched alkanes of at least 4 members (excludes halogenated alkanes) is 1. The van der Waals surface area contributed by atoms with E-state index in [2.05, 4.69) is 38.3 Å². The highest BCUT2D eigenvalue weighted by Gasteiger charge is 2.45. The smallest absolute Gasteiger partial charge is 0.227 e. The zero-order valence-corrected chi connectivity index (χ0v) is 21.3. The first-order valence-corrected chi connectivity index (χ1v) is 11.9. The molecule has 0 aromatic rings. The second-order valence-corrected chi connectivity index (χ2v) is 10.4. The molecule has 0 aromatic heterocycles. The summed E-state index contributed by atoms with van der Waals surface area (Å²) in [5, 5.41) is 6.92. The quantitative estimate of drug-likeness (QED) is 0.392. The minimum Gasteiger partial charge on any atom is -0.356 e. The van der Waals surface area contributed by atoms with E-state index in [-0.39, 0.29) is 22.4 Å². The number of ketones is 1. The van der Waals surface area contributed by atoms with Crippen LogP contribution in [0.2, 0.25) is 0 Å². The van der Waals surface area contributed by atoms with Crippen LogP contribution in [0.25, 0.3) is 0 Å². The molecule has 0 bridgehead atoms. The van der Waals surface area contributed by atoms with Crippen molar-refractivity contribution in [3.8, 4) is 0 Å². The van der Waals surface area contributed by atoms with E-state index in [1.54, 1.807) is 6.92 Å². The third-order valence-corrected chi connectivity index (χ3v) is 8.12. The van der Waals surface area contributed by atoms with E-state index in [1.165, 1.54) is 0 Å². The van der Waals surface area contributed by atoms with E-state index in [4.69, 9.17) is 0 Å². The molecule has 0 radical (unpaired) electrons. The molecule has 28 heavy (non-hydrogen) atoms. The van der Waals surface area contributed by atoms with Crippen molar-refractivity contribution in [2.24, 2.45) is 11.3 Å². The number of carbonyl (C=O) groups excluding carboxylic acids is 2. The number of hydrogen-bond donors (Lipinski definition) is 2. The highest BCUT2D eigenvalue weighted by atomic mass is 32.2. The van der Waals surface area contributed by atoms with Gasteiger partial charge in [0.2, 0.25) is 5.91 Å². The van der Waals surface area contributed by atoms with Gasteiger partial charge in [-0.25, -0.2) is 0 Å². The number of Topliss-reactive ketones (excluding diaryl/α,β-unsaturated/α-hetero) is 1. The predicted molar refractivity (Wildman–Crippen MR) is 126 cm³/mol. The Kier molecular flexibility index (Phi) is 15.3. The van der Waals surface area contributed by atoms with Crippen molar-refractivity contribution in [1.82, 2.24) is 10.6 Å². The zero-order valence-electron chi connectivity index (χ0n) is 20.5. The van der Waals surface area contributed by atoms with Crippen molar-refractivity contribution >= 4 is 23.5 Å². The Morgan fingerprint density at radius 1 is 1.04 bits per heavy atom. The summed E-state index contributed by atoms with van der Waals surface area (Å²) in [6, 6.07) is 0.409. The van der Waals surface area contributed by atoms with E-state index in [0.717, 1.165) is 25.7 Å². The lowest BCUT2D eigenvalue weighted by Crippen LogP contribution is -2.50. The van der Waals surface area contributed by atoms with Crippen molar-refractivity contribution in [2.45, 2.75) is 111 Å². The van der Waals surface area contributed by atoms with Gasteiger partial charge in [-0.2, -0.15) is 0 Å². The lowest BCUT2D eigenvalue weighted by molar-refractivity contribution is -0.130. The summed E-state index contributed by atoms with van der Waals surface area (Å²) in [7, 11) is 1.99. The molecule has 0 aliphatic heterocycles. The van der Waals surface area contributed by atoms with E-state index in [1.807, 2.05) is 53.4 Å². The van der Waals surface area contributed by atoms with E-state index < -0.39 is 5.41 Å². The highest BCUT2D eigenvalue weighted by molar-refractivity contribution is 8.01. The van der Waals surface area contributed by atoms with Crippen LogP contribution in [0.5, 0.6) is 0 Å². The summed E-state index contributed by atoms with van der Waals surface area (Å²) >= 11 is 1.90. The van der Waals surface area contributed by atoms with Gasteiger partial charge in [-0.15, -0.1) is 11.8 Å². The Morgan fingerprint density at radius 3 is 2.00 bits per heavy atom. The Balaban J connectivity index is 0. The largest absolute Gasteiger partial charge is 0.356 e. The molecule has 168 valence electrons. The Bertz CT molecular complexity index is 450. The van der Waals surface area contributed by atoms with Crippen LogP contribution in [-0.2, 0) is 9.59 Å². The molecule has 0 aliphatic rings. The molecule has 0 aliphatic carbocycles. The molecule has 1 amide bonds. The second kappa shape index (κ2) is 14.4. The molecule has 0 aromatic carbocycles. The number of hydrogen-bond acceptors (Lipinski definition) is 4. The third kappa shape index (κ3) is 9.78. The van der Waals surface area contributed by atoms with Crippen LogP contribution in [0.15, 0.2) is 0 Å². The SMILES string of the molecule is CC.CCC(SC(C)(C)C(C)(C)C(=O)NCCCCC(C)C(C)=O)C(C)NC. The van der Waals surface area contributed by atoms with E-state index in [0.29, 0.717) is 17.8 Å². The van der Waals surface area contributed by atoms with Gasteiger partial charge in [0, 0.05) is 28.5 Å². The van der Waals surface area contributed by atoms with Gasteiger partial charge in [-0.3, -0.25) is 9.59 Å². The average molecular weight is 417 g/mol. The van der Waals surface area contributed by atoms with Gasteiger partial charge in [-0.1, -0.05) is 34.1 Å². The standard InChI is InChI=1S/C21H42N2O2S.C2H6/c1-10-18(16(3)22-9)26-21(7,8)20(5,6)19(25)23-14-12-11-13-15(2)17(4)24;1-2/h15-16,18,22H,10-14H2,1-9H3,(H,23,25);1-2H3. The first-order valence-electron chi connectivity index (χ1n) is 11.0. The molecule has 0 spiro atoms. The van der Waals surface area contributed by atoms with Gasteiger partial charge < -0.3 is 10.6 Å². The molecule has 3 atom stereocenters. The van der Waals surface area contributed by atoms with E-state index in [9.17, 15) is 9.59 Å². The molecule has 5 heteroatoms. The second-order valence-electron chi connectivity index (χ2n) is 8.54. The first kappa shape index (κ1) is 29.6. The van der Waals surface area contributed by atoms with Crippen LogP contribution in [0.4, 0.5) is 0 Å². The van der Waals surface area contributed by atoms with Crippen molar-refractivity contribution in [2.75, 3.05) is 13.6 Å². The van der Waals surface area contributed by atoms with Crippen LogP contribution in [-0.4, -0.2) is 41.3 Å². The molecule has 3 unspecified atom stereocenters. The molecule has 0 saturated heterocycles. The first-order chi connectivity index (χ1) is 12.9. The molecule has 0 fully saturated rings. The number of amides is 1. The Labute approximate surface area is 179 Å². The zero-order chi connectivity index (χ0) is 22.5. The number of rotatable bonds is 13. The van der Waals surface area contributed by atoms with Crippen molar-refractivity contribution in [3.05, 3.63) is 0 Å². The lowest BCUT2D eigenvalue weighted by Gasteiger charge is -2.42. The average Bonchev–Trinajstić information content (AvgIpc) is 2.65. The minimum atomic E-state index is -0.467. The van der Waals surface area contributed by atoms with Crippen molar-refractivity contribution in [3.63, 3.8) is 0 Å². The maximum Gasteiger partial charge on any atom is 0.227 e. The molecular weight excluding hydrogens is 368 g/mol. The fraction of sp³-hybridized carbons (Fsp3) is 0.913. The fourth-order valence-electron chi connectivity index (χ4n) is 2.73. The minimum absolute atomic E-state index is 0.113. The summed E-state index contributed by atoms with van der Waals surface area (Å²) < 4.78 is -0.175. The summed E-state index contributed by atoms with van der Waals surface area (Å²) in [6.45, 7) is 21.1. The number of nitrogens with one attached hydrogen (secondary N) is 2. The third-order valence-electron chi connectivity index (χ3n) is 5.98. The summed E-state index contributed by atoms with van der Waals surface area (Å²) in [4.78, 5) is 24.1. The van der Waals surface area contributed by atoms with Crippen LogP contribution in [0.1, 0.15) is 94.9 Å². The van der Waals surface area contributed by atoms with Crippen LogP contribution >= 0.6 is 11.8 Å². The summed E-state index contributed by atoms with van der Waals surface area (Å²) in [6.07, 6.45) is 3.86. The van der Waals surface area contributed by atoms with E-state index >= 15 is 0 Å². The van der Waals surface area contributed by atoms with Gasteiger partial charge in [0.25, 0.3) is 0 Å². The fourth-order valence-corrected chi connectivity index (χ4v) is 4.38. The molecule has 0 rings (SSSR count). The number of carbonyl (C=O) groups is 2. The van der Waals surface area contributed by atoms with Gasteiger partial charge in [0.1, 0.15) is 5.78 Å². The van der Waals surface area contributed by atoms with Crippen LogP contribution < -0.4 is 10.6 Å². The van der Waals surface area contributed by atoms with Gasteiger partial charge in [-0.05, 0) is 67.9 Å². The molecule has 0 saturated carbocycles. The van der Waals surface area contributed by atoms with Gasteiger partial charge >= 0.3 is 0 Å². The maximum absolute atomic E-state index is 12.8. The predicted octanol–water partition coefficient (Wildman–Crippen LogP) is 5.45. The number of thioether (sulfide) groups is 1. The maximum atomic E-state index is 12.8. The summed E-state index contributed by atoms with van der Waals surface area (Å²) in [5.41, 5.74) is -0.467. The Hall–Kier alpha value is -0.550. The molecule has 2 N–H and O–H groups in total. The van der Waals surface area contributed by atoms with Crippen molar-refractivity contribution < 1.29 is 9.59 Å². The molecule has 0 heterocycles. The van der Waals surface area contributed by atoms with Crippen molar-refractivity contribution in [1.29, 1.82) is 0 Å². The van der Waals surface area contributed by atoms with Crippen LogP contribution in [0, 0.1) is 11.3 Å². The summed E-state index contributed by atoms with van der Waals surface area (Å²) in [5.74, 6) is 0.481.